The molecule has 2 N–H and O–H groups in total. The molecule has 0 bridgehead atoms. The van der Waals surface area contributed by atoms with Gasteiger partial charge in [-0.05, 0) is 6.92 Å². The number of rotatable bonds is 2. The molecule has 0 heterocycles. The molecule has 0 aromatic heterocycles. The Balaban J connectivity index is 4.56. The molecule has 0 saturated carbocycles. The average Bonchev–Trinajstić information content (AvgIpc) is 1.88. The van der Waals surface area contributed by atoms with Gasteiger partial charge in [0.1, 0.15) is 5.71 Å². The topological polar surface area (TPSA) is 67.8 Å². The second-order valence-corrected chi connectivity index (χ2v) is 1.84. The molecule has 56 valence electrons. The molecule has 0 spiro atoms. The Morgan fingerprint density at radius 3 is 2.00 bits per heavy atom. The fourth-order valence-electron chi connectivity index (χ4n) is 0.545. The Morgan fingerprint density at radius 2 is 1.90 bits per heavy atom. The number of nitrogens with two attached hydrogens (primary N) is 1. The number of Topliss-reactive ketones (excluding diaryl/α,β-unsaturated/α-hetero) is 1. The number of carbonyl (C=O) groups excluding carboxylic acids is 1. The molecule has 0 atom stereocenters. The van der Waals surface area contributed by atoms with E-state index in [1.54, 1.807) is 14.0 Å². The minimum atomic E-state index is -0.161. The monoisotopic (exact) mass is 141 g/mol. The summed E-state index contributed by atoms with van der Waals surface area (Å²) in [5.74, 6) is 4.78. The molecular weight excluding hydrogens is 130 g/mol. The van der Waals surface area contributed by atoms with Crippen molar-refractivity contribution in [1.82, 2.24) is 0 Å². The van der Waals surface area contributed by atoms with E-state index in [-0.39, 0.29) is 11.5 Å². The highest BCUT2D eigenvalue weighted by Gasteiger charge is 2.07. The third-order valence-corrected chi connectivity index (χ3v) is 1.14. The fraction of sp³-hybridized carbons (Fsp3) is 0.500. The van der Waals surface area contributed by atoms with Crippen LogP contribution in [0, 0.1) is 0 Å². The van der Waals surface area contributed by atoms with E-state index in [0.717, 1.165) is 0 Å². The third kappa shape index (κ3) is 1.97. The van der Waals surface area contributed by atoms with Gasteiger partial charge in [0, 0.05) is 14.0 Å². The summed E-state index contributed by atoms with van der Waals surface area (Å²) in [5, 5.41) is 3.29. The fourth-order valence-corrected chi connectivity index (χ4v) is 0.545. The highest BCUT2D eigenvalue weighted by atomic mass is 16.1. The maximum Gasteiger partial charge on any atom is 0.181 e. The lowest BCUT2D eigenvalue weighted by molar-refractivity contribution is -0.110. The van der Waals surface area contributed by atoms with Gasteiger partial charge in [0.2, 0.25) is 0 Å². The molecule has 0 unspecified atom stereocenters. The molecule has 0 aromatic rings. The van der Waals surface area contributed by atoms with Crippen molar-refractivity contribution in [3.05, 3.63) is 0 Å². The van der Waals surface area contributed by atoms with Crippen LogP contribution in [-0.2, 0) is 4.79 Å². The van der Waals surface area contributed by atoms with Crippen LogP contribution in [0.4, 0.5) is 0 Å². The van der Waals surface area contributed by atoms with Crippen LogP contribution in [0.3, 0.4) is 0 Å². The molecule has 0 aliphatic carbocycles. The van der Waals surface area contributed by atoms with Crippen molar-refractivity contribution in [3.8, 4) is 0 Å². The highest BCUT2D eigenvalue weighted by Crippen LogP contribution is 1.83. The van der Waals surface area contributed by atoms with Crippen LogP contribution in [-0.4, -0.2) is 24.3 Å². The van der Waals surface area contributed by atoms with E-state index in [0.29, 0.717) is 5.71 Å². The van der Waals surface area contributed by atoms with Crippen molar-refractivity contribution >= 4 is 17.2 Å². The smallest absolute Gasteiger partial charge is 0.181 e. The van der Waals surface area contributed by atoms with E-state index in [1.807, 2.05) is 0 Å². The molecule has 10 heavy (non-hydrogen) atoms. The van der Waals surface area contributed by atoms with Gasteiger partial charge >= 0.3 is 0 Å². The van der Waals surface area contributed by atoms with Crippen molar-refractivity contribution in [1.29, 1.82) is 0 Å². The van der Waals surface area contributed by atoms with Gasteiger partial charge in [0.25, 0.3) is 0 Å². The summed E-state index contributed by atoms with van der Waals surface area (Å²) in [6, 6.07) is 0. The Hall–Kier alpha value is -1.19. The van der Waals surface area contributed by atoms with Gasteiger partial charge in [-0.1, -0.05) is 0 Å². The van der Waals surface area contributed by atoms with Crippen LogP contribution in [0.15, 0.2) is 10.1 Å². The predicted molar refractivity (Wildman–Crippen MR) is 41.3 cm³/mol. The lowest BCUT2D eigenvalue weighted by Crippen LogP contribution is -2.20. The summed E-state index contributed by atoms with van der Waals surface area (Å²) in [6.45, 7) is 3.09. The number of carbonyl (C=O) groups is 1. The van der Waals surface area contributed by atoms with Crippen molar-refractivity contribution in [2.24, 2.45) is 15.9 Å². The van der Waals surface area contributed by atoms with Gasteiger partial charge in [-0.25, -0.2) is 0 Å². The van der Waals surface area contributed by atoms with Crippen molar-refractivity contribution in [2.75, 3.05) is 7.05 Å². The largest absolute Gasteiger partial charge is 0.323 e. The third-order valence-electron chi connectivity index (χ3n) is 1.14. The molecule has 0 fully saturated rings. The first-order chi connectivity index (χ1) is 4.63. The second kappa shape index (κ2) is 3.76. The van der Waals surface area contributed by atoms with Crippen LogP contribution in [0.25, 0.3) is 0 Å². The Morgan fingerprint density at radius 1 is 1.40 bits per heavy atom. The van der Waals surface area contributed by atoms with Gasteiger partial charge < -0.3 is 5.84 Å². The first kappa shape index (κ1) is 8.81. The van der Waals surface area contributed by atoms with Crippen LogP contribution in [0.2, 0.25) is 0 Å². The second-order valence-electron chi connectivity index (χ2n) is 1.84. The molecule has 4 heteroatoms. The van der Waals surface area contributed by atoms with Crippen LogP contribution < -0.4 is 5.84 Å². The van der Waals surface area contributed by atoms with Gasteiger partial charge in [-0.2, -0.15) is 5.10 Å². The van der Waals surface area contributed by atoms with Gasteiger partial charge in [-0.3, -0.25) is 9.79 Å². The van der Waals surface area contributed by atoms with Crippen LogP contribution >= 0.6 is 0 Å². The van der Waals surface area contributed by atoms with Crippen molar-refractivity contribution in [2.45, 2.75) is 13.8 Å². The van der Waals surface area contributed by atoms with E-state index >= 15 is 0 Å². The maximum atomic E-state index is 10.7. The molecule has 0 aromatic carbocycles. The number of hydrogen-bond donors (Lipinski definition) is 1. The molecule has 4 nitrogen and oxygen atoms in total. The number of hydrazone groups is 1. The van der Waals surface area contributed by atoms with E-state index in [2.05, 4.69) is 10.1 Å². The normalized spacial score (nSPS) is 13.5. The summed E-state index contributed by atoms with van der Waals surface area (Å²) >= 11 is 0. The van der Waals surface area contributed by atoms with E-state index in [9.17, 15) is 4.79 Å². The molecule has 0 radical (unpaired) electrons. The maximum absolute atomic E-state index is 10.7. The number of ketones is 1. The van der Waals surface area contributed by atoms with Crippen LogP contribution in [0.5, 0.6) is 0 Å². The predicted octanol–water partition coefficient (Wildman–Crippen LogP) is -0.0192. The summed E-state index contributed by atoms with van der Waals surface area (Å²) in [5.41, 5.74) is 0.803. The van der Waals surface area contributed by atoms with Gasteiger partial charge in [0.05, 0.1) is 5.71 Å². The summed E-state index contributed by atoms with van der Waals surface area (Å²) < 4.78 is 0. The SMILES string of the molecule is CN=C(C)C(=NN)C(C)=O. The lowest BCUT2D eigenvalue weighted by Gasteiger charge is -1.96. The first-order valence-electron chi connectivity index (χ1n) is 2.86. The molecule has 0 saturated heterocycles. The van der Waals surface area contributed by atoms with Crippen LogP contribution in [0.1, 0.15) is 13.8 Å². The molecule has 0 aliphatic rings. The van der Waals surface area contributed by atoms with Crippen molar-refractivity contribution < 1.29 is 4.79 Å². The minimum Gasteiger partial charge on any atom is -0.323 e. The van der Waals surface area contributed by atoms with Crippen molar-refractivity contribution in [3.63, 3.8) is 0 Å². The highest BCUT2D eigenvalue weighted by molar-refractivity contribution is 6.66. The standard InChI is InChI=1S/C6H11N3O/c1-4(8-3)6(9-7)5(2)10/h7H2,1-3H3. The van der Waals surface area contributed by atoms with E-state index < -0.39 is 0 Å². The number of aliphatic imine (C=N–C) groups is 1. The zero-order valence-electron chi connectivity index (χ0n) is 6.38. The molecule has 0 rings (SSSR count). The van der Waals surface area contributed by atoms with Gasteiger partial charge in [0.15, 0.2) is 5.78 Å². The zero-order chi connectivity index (χ0) is 8.15. The average molecular weight is 141 g/mol. The van der Waals surface area contributed by atoms with Gasteiger partial charge in [-0.15, -0.1) is 0 Å². The molecule has 0 aliphatic heterocycles. The Kier molecular flexibility index (Phi) is 3.32. The zero-order valence-corrected chi connectivity index (χ0v) is 6.38. The lowest BCUT2D eigenvalue weighted by atomic mass is 10.2. The number of hydrogen-bond acceptors (Lipinski definition) is 4. The summed E-state index contributed by atoms with van der Waals surface area (Å²) in [6.07, 6.45) is 0. The van der Waals surface area contributed by atoms with E-state index in [1.165, 1.54) is 6.92 Å². The minimum absolute atomic E-state index is 0.161. The summed E-state index contributed by atoms with van der Waals surface area (Å²) in [4.78, 5) is 14.4. The number of nitrogens with zero attached hydrogens (tertiary/aromatic N) is 2. The molecular formula is C6H11N3O. The van der Waals surface area contributed by atoms with E-state index in [4.69, 9.17) is 5.84 Å². The Labute approximate surface area is 59.8 Å². The quantitative estimate of drug-likeness (QED) is 0.333. The molecule has 0 amide bonds. The first-order valence-corrected chi connectivity index (χ1v) is 2.86. The summed E-state index contributed by atoms with van der Waals surface area (Å²) in [7, 11) is 1.59. The Bertz CT molecular complexity index is 193.